The molecule has 4 nitrogen and oxygen atoms in total. The van der Waals surface area contributed by atoms with E-state index in [-0.39, 0.29) is 11.2 Å². The fourth-order valence-corrected chi connectivity index (χ4v) is 4.23. The Hall–Kier alpha value is -2.18. The zero-order valence-corrected chi connectivity index (χ0v) is 15.0. The van der Waals surface area contributed by atoms with Gasteiger partial charge in [0, 0.05) is 0 Å². The van der Waals surface area contributed by atoms with E-state index in [1.807, 2.05) is 62.4 Å². The average Bonchev–Trinajstić information content (AvgIpc) is 2.98. The SMILES string of the molecule is Cc1ccc(/C=N/NC(=O)C(C)Sc2nc3ccccc3s2)cc1. The second-order valence-electron chi connectivity index (χ2n) is 5.35. The number of rotatable bonds is 5. The van der Waals surface area contributed by atoms with Gasteiger partial charge in [-0.05, 0) is 31.5 Å². The summed E-state index contributed by atoms with van der Waals surface area (Å²) in [5, 5.41) is 3.76. The largest absolute Gasteiger partial charge is 0.272 e. The molecular formula is C18H17N3OS2. The topological polar surface area (TPSA) is 54.4 Å². The van der Waals surface area contributed by atoms with Crippen LogP contribution in [0.1, 0.15) is 18.1 Å². The van der Waals surface area contributed by atoms with Crippen molar-refractivity contribution in [1.82, 2.24) is 10.4 Å². The van der Waals surface area contributed by atoms with E-state index in [1.165, 1.54) is 17.3 Å². The second-order valence-corrected chi connectivity index (χ2v) is 7.97. The fraction of sp³-hybridized carbons (Fsp3) is 0.167. The van der Waals surface area contributed by atoms with Gasteiger partial charge in [-0.15, -0.1) is 11.3 Å². The molecular weight excluding hydrogens is 338 g/mol. The number of fused-ring (bicyclic) bond motifs is 1. The standard InChI is InChI=1S/C18H17N3OS2/c1-12-7-9-14(10-8-12)11-19-21-17(22)13(2)23-18-20-15-5-3-4-6-16(15)24-18/h3-11,13H,1-2H3,(H,21,22)/b19-11+. The van der Waals surface area contributed by atoms with Crippen molar-refractivity contribution >= 4 is 45.4 Å². The molecule has 1 amide bonds. The molecule has 0 radical (unpaired) electrons. The lowest BCUT2D eigenvalue weighted by molar-refractivity contribution is -0.120. The Kier molecular flexibility index (Phi) is 5.27. The molecule has 1 heterocycles. The molecule has 1 atom stereocenters. The van der Waals surface area contributed by atoms with Crippen LogP contribution in [0.15, 0.2) is 58.0 Å². The lowest BCUT2D eigenvalue weighted by atomic mass is 10.2. The number of carbonyl (C=O) groups is 1. The highest BCUT2D eigenvalue weighted by atomic mass is 32.2. The highest BCUT2D eigenvalue weighted by molar-refractivity contribution is 8.02. The minimum Gasteiger partial charge on any atom is -0.272 e. The molecule has 2 aromatic carbocycles. The number of nitrogens with one attached hydrogen (secondary N) is 1. The van der Waals surface area contributed by atoms with Gasteiger partial charge in [0.05, 0.1) is 21.7 Å². The molecule has 0 spiro atoms. The summed E-state index contributed by atoms with van der Waals surface area (Å²) in [6.07, 6.45) is 1.65. The number of amides is 1. The number of benzene rings is 2. The summed E-state index contributed by atoms with van der Waals surface area (Å²) < 4.78 is 2.02. The summed E-state index contributed by atoms with van der Waals surface area (Å²) >= 11 is 3.05. The molecule has 0 bridgehead atoms. The van der Waals surface area contributed by atoms with E-state index < -0.39 is 0 Å². The number of nitrogens with zero attached hydrogens (tertiary/aromatic N) is 2. The van der Waals surface area contributed by atoms with Gasteiger partial charge in [0.1, 0.15) is 0 Å². The van der Waals surface area contributed by atoms with Crippen LogP contribution in [0.5, 0.6) is 0 Å². The molecule has 3 aromatic rings. The predicted molar refractivity (Wildman–Crippen MR) is 102 cm³/mol. The number of hydrogen-bond donors (Lipinski definition) is 1. The van der Waals surface area contributed by atoms with Gasteiger partial charge in [-0.2, -0.15) is 5.10 Å². The van der Waals surface area contributed by atoms with Crippen molar-refractivity contribution in [2.75, 3.05) is 0 Å². The third-order valence-corrected chi connectivity index (χ3v) is 5.62. The van der Waals surface area contributed by atoms with Crippen LogP contribution < -0.4 is 5.43 Å². The van der Waals surface area contributed by atoms with Crippen molar-refractivity contribution < 1.29 is 4.79 Å². The van der Waals surface area contributed by atoms with Crippen LogP contribution in [-0.4, -0.2) is 22.4 Å². The zero-order chi connectivity index (χ0) is 16.9. The molecule has 122 valence electrons. The molecule has 0 aliphatic carbocycles. The zero-order valence-electron chi connectivity index (χ0n) is 13.4. The molecule has 6 heteroatoms. The highest BCUT2D eigenvalue weighted by Crippen LogP contribution is 2.31. The predicted octanol–water partition coefficient (Wildman–Crippen LogP) is 4.24. The number of para-hydroxylation sites is 1. The van der Waals surface area contributed by atoms with E-state index in [2.05, 4.69) is 15.5 Å². The summed E-state index contributed by atoms with van der Waals surface area (Å²) in [6.45, 7) is 3.89. The van der Waals surface area contributed by atoms with E-state index in [1.54, 1.807) is 17.6 Å². The quantitative estimate of drug-likeness (QED) is 0.423. The van der Waals surface area contributed by atoms with Crippen LogP contribution >= 0.6 is 23.1 Å². The molecule has 1 aromatic heterocycles. The first kappa shape index (κ1) is 16.7. The van der Waals surface area contributed by atoms with E-state index in [4.69, 9.17) is 0 Å². The van der Waals surface area contributed by atoms with Gasteiger partial charge in [0.15, 0.2) is 4.34 Å². The number of aryl methyl sites for hydroxylation is 1. The molecule has 0 fully saturated rings. The summed E-state index contributed by atoms with van der Waals surface area (Å²) in [7, 11) is 0. The maximum absolute atomic E-state index is 12.1. The molecule has 1 unspecified atom stereocenters. The van der Waals surface area contributed by atoms with Gasteiger partial charge in [-0.25, -0.2) is 10.4 Å². The maximum Gasteiger partial charge on any atom is 0.253 e. The van der Waals surface area contributed by atoms with E-state index >= 15 is 0 Å². The lowest BCUT2D eigenvalue weighted by Crippen LogP contribution is -2.26. The molecule has 0 saturated carbocycles. The number of aromatic nitrogens is 1. The molecule has 0 saturated heterocycles. The van der Waals surface area contributed by atoms with Crippen LogP contribution in [0.25, 0.3) is 10.2 Å². The van der Waals surface area contributed by atoms with Gasteiger partial charge >= 0.3 is 0 Å². The van der Waals surface area contributed by atoms with Crippen molar-refractivity contribution in [3.8, 4) is 0 Å². The minimum absolute atomic E-state index is 0.136. The first-order chi connectivity index (χ1) is 11.6. The van der Waals surface area contributed by atoms with Gasteiger partial charge in [0.2, 0.25) is 0 Å². The second kappa shape index (κ2) is 7.59. The van der Waals surface area contributed by atoms with E-state index in [0.717, 1.165) is 20.1 Å². The van der Waals surface area contributed by atoms with Crippen molar-refractivity contribution in [1.29, 1.82) is 0 Å². The first-order valence-electron chi connectivity index (χ1n) is 7.53. The van der Waals surface area contributed by atoms with Crippen LogP contribution in [0.4, 0.5) is 0 Å². The van der Waals surface area contributed by atoms with Crippen molar-refractivity contribution in [3.05, 3.63) is 59.7 Å². The van der Waals surface area contributed by atoms with Crippen LogP contribution in [0.2, 0.25) is 0 Å². The molecule has 24 heavy (non-hydrogen) atoms. The van der Waals surface area contributed by atoms with Crippen LogP contribution in [0, 0.1) is 6.92 Å². The normalized spacial score (nSPS) is 12.6. The van der Waals surface area contributed by atoms with Gasteiger partial charge < -0.3 is 0 Å². The molecule has 0 aliphatic rings. The van der Waals surface area contributed by atoms with E-state index in [9.17, 15) is 4.79 Å². The number of thioether (sulfide) groups is 1. The highest BCUT2D eigenvalue weighted by Gasteiger charge is 2.16. The number of hydrogen-bond acceptors (Lipinski definition) is 5. The Balaban J connectivity index is 1.57. The smallest absolute Gasteiger partial charge is 0.253 e. The molecule has 1 N–H and O–H groups in total. The number of hydrazone groups is 1. The Morgan fingerprint density at radius 2 is 2.00 bits per heavy atom. The van der Waals surface area contributed by atoms with Crippen molar-refractivity contribution in [2.45, 2.75) is 23.4 Å². The van der Waals surface area contributed by atoms with Crippen LogP contribution in [-0.2, 0) is 4.79 Å². The van der Waals surface area contributed by atoms with Gasteiger partial charge in [-0.1, -0.05) is 53.7 Å². The maximum atomic E-state index is 12.1. The van der Waals surface area contributed by atoms with Gasteiger partial charge in [-0.3, -0.25) is 4.79 Å². The summed E-state index contributed by atoms with van der Waals surface area (Å²) in [6, 6.07) is 15.9. The Morgan fingerprint density at radius 1 is 1.25 bits per heavy atom. The van der Waals surface area contributed by atoms with Gasteiger partial charge in [0.25, 0.3) is 5.91 Å². The minimum atomic E-state index is -0.263. The third-order valence-electron chi connectivity index (χ3n) is 3.39. The Bertz CT molecular complexity index is 838. The van der Waals surface area contributed by atoms with E-state index in [0.29, 0.717) is 0 Å². The third kappa shape index (κ3) is 4.21. The number of carbonyl (C=O) groups excluding carboxylic acids is 1. The molecule has 3 rings (SSSR count). The monoisotopic (exact) mass is 355 g/mol. The average molecular weight is 355 g/mol. The summed E-state index contributed by atoms with van der Waals surface area (Å²) in [5.74, 6) is -0.136. The Morgan fingerprint density at radius 3 is 2.75 bits per heavy atom. The van der Waals surface area contributed by atoms with Crippen molar-refractivity contribution in [3.63, 3.8) is 0 Å². The summed E-state index contributed by atoms with van der Waals surface area (Å²) in [5.41, 5.74) is 5.70. The first-order valence-corrected chi connectivity index (χ1v) is 9.23. The van der Waals surface area contributed by atoms with Crippen molar-refractivity contribution in [2.24, 2.45) is 5.10 Å². The van der Waals surface area contributed by atoms with Crippen LogP contribution in [0.3, 0.4) is 0 Å². The molecule has 0 aliphatic heterocycles. The Labute approximate surface area is 149 Å². The lowest BCUT2D eigenvalue weighted by Gasteiger charge is -2.06. The summed E-state index contributed by atoms with van der Waals surface area (Å²) in [4.78, 5) is 16.7. The number of thiazole rings is 1. The fourth-order valence-electron chi connectivity index (χ4n) is 2.02.